The molecule has 1 amide bonds. The van der Waals surface area contributed by atoms with Gasteiger partial charge in [-0.15, -0.1) is 0 Å². The van der Waals surface area contributed by atoms with Gasteiger partial charge in [0.05, 0.1) is 27.4 Å². The predicted molar refractivity (Wildman–Crippen MR) is 61.9 cm³/mol. The van der Waals surface area contributed by atoms with Gasteiger partial charge < -0.3 is 30.7 Å². The monoisotopic (exact) mass is 274 g/mol. The first-order valence-electron chi connectivity index (χ1n) is 4.47. The zero-order chi connectivity index (χ0) is 14.1. The van der Waals surface area contributed by atoms with E-state index in [1.165, 1.54) is 14.2 Å². The van der Waals surface area contributed by atoms with Crippen LogP contribution in [0.5, 0.6) is 0 Å². The Hall–Kier alpha value is -1.09. The average Bonchev–Trinajstić information content (AvgIpc) is 2.36. The van der Waals surface area contributed by atoms with E-state index in [1.807, 2.05) is 0 Å². The van der Waals surface area contributed by atoms with Crippen LogP contribution in [0.25, 0.3) is 0 Å². The van der Waals surface area contributed by atoms with Crippen LogP contribution in [0.15, 0.2) is 0 Å². The fraction of sp³-hybridized carbons (Fsp3) is 0.750. The molecule has 17 heavy (non-hydrogen) atoms. The molecule has 0 aromatic carbocycles. The molecule has 0 atom stereocenters. The third-order valence-electron chi connectivity index (χ3n) is 0.856. The average molecular weight is 275 g/mol. The summed E-state index contributed by atoms with van der Waals surface area (Å²) in [7, 11) is 2.49. The number of nitrogens with one attached hydrogen (secondary N) is 1. The van der Waals surface area contributed by atoms with Gasteiger partial charge in [-0.2, -0.15) is 0 Å². The minimum Gasteiger partial charge on any atom is -0.457 e. The molecule has 0 fully saturated rings. The second-order valence-electron chi connectivity index (χ2n) is 2.10. The Labute approximate surface area is 105 Å². The van der Waals surface area contributed by atoms with E-state index >= 15 is 0 Å². The third-order valence-corrected chi connectivity index (χ3v) is 1.01. The Morgan fingerprint density at radius 1 is 1.24 bits per heavy atom. The number of hydrogen-bond acceptors (Lipinski definition) is 7. The molecule has 8 nitrogen and oxygen atoms in total. The number of aliphatic hydroxyl groups excluding tert-OH is 2. The lowest BCUT2D eigenvalue weighted by atomic mass is 10.7. The van der Waals surface area contributed by atoms with E-state index in [0.717, 1.165) is 0 Å². The number of methoxy groups -OCH3 is 2. The number of ether oxygens (including phenoxy) is 2. The molecule has 0 aliphatic carbocycles. The van der Waals surface area contributed by atoms with Gasteiger partial charge in [0.1, 0.15) is 0 Å². The molecular weight excluding hydrogens is 256 g/mol. The van der Waals surface area contributed by atoms with E-state index in [0.29, 0.717) is 6.54 Å². The maximum absolute atomic E-state index is 10.1. The lowest BCUT2D eigenvalue weighted by Gasteiger charge is -1.97. The van der Waals surface area contributed by atoms with Gasteiger partial charge in [0, 0.05) is 24.7 Å². The summed E-state index contributed by atoms with van der Waals surface area (Å²) in [4.78, 5) is 19.5. The number of hydrogen-bond donors (Lipinski definition) is 4. The fourth-order valence-electron chi connectivity index (χ4n) is 0.230. The van der Waals surface area contributed by atoms with Gasteiger partial charge in [-0.25, -0.2) is 9.59 Å². The number of aliphatic hydroxyl groups is 2. The van der Waals surface area contributed by atoms with E-state index < -0.39 is 11.5 Å². The van der Waals surface area contributed by atoms with Gasteiger partial charge in [-0.1, -0.05) is 0 Å². The highest BCUT2D eigenvalue weighted by Crippen LogP contribution is 1.78. The SMILES string of the molecule is COC(=O)Cl.COC(=O)NCCO.NCCO. The van der Waals surface area contributed by atoms with Crippen LogP contribution in [0.2, 0.25) is 0 Å². The maximum atomic E-state index is 10.1. The lowest BCUT2D eigenvalue weighted by Crippen LogP contribution is -2.25. The molecule has 0 bridgehead atoms. The van der Waals surface area contributed by atoms with E-state index in [1.54, 1.807) is 0 Å². The molecule has 0 saturated carbocycles. The van der Waals surface area contributed by atoms with E-state index in [2.05, 4.69) is 26.4 Å². The normalized spacial score (nSPS) is 7.65. The Balaban J connectivity index is -0.000000188. The molecule has 0 aromatic rings. The van der Waals surface area contributed by atoms with E-state index in [4.69, 9.17) is 15.9 Å². The Bertz CT molecular complexity index is 179. The minimum atomic E-state index is -0.773. The lowest BCUT2D eigenvalue weighted by molar-refractivity contribution is 0.167. The standard InChI is InChI=1S/C4H9NO3.C2H3ClO2.C2H7NO/c1-8-4(7)5-2-3-6;1-5-2(3)4;3-1-2-4/h6H,2-3H2,1H3,(H,5,7);1H3;4H,1-3H2. The molecule has 0 unspecified atom stereocenters. The number of carbonyl (C=O) groups excluding carboxylic acids is 2. The summed E-state index contributed by atoms with van der Waals surface area (Å²) in [6, 6.07) is 0. The third kappa shape index (κ3) is 39.7. The van der Waals surface area contributed by atoms with Crippen molar-refractivity contribution in [3.63, 3.8) is 0 Å². The van der Waals surface area contributed by atoms with Gasteiger partial charge in [-0.3, -0.25) is 0 Å². The van der Waals surface area contributed by atoms with Crippen LogP contribution in [-0.4, -0.2) is 62.3 Å². The van der Waals surface area contributed by atoms with Gasteiger partial charge in [-0.05, 0) is 0 Å². The highest BCUT2D eigenvalue weighted by Gasteiger charge is 1.92. The molecule has 0 aliphatic rings. The van der Waals surface area contributed by atoms with Crippen molar-refractivity contribution in [2.24, 2.45) is 5.73 Å². The molecule has 104 valence electrons. The summed E-state index contributed by atoms with van der Waals surface area (Å²) in [5.41, 5.74) is 4.00. The number of nitrogens with two attached hydrogens (primary N) is 1. The van der Waals surface area contributed by atoms with Crippen LogP contribution >= 0.6 is 11.6 Å². The van der Waals surface area contributed by atoms with Gasteiger partial charge in [0.2, 0.25) is 0 Å². The molecule has 9 heteroatoms. The van der Waals surface area contributed by atoms with Crippen molar-refractivity contribution in [1.82, 2.24) is 5.32 Å². The minimum absolute atomic E-state index is 0.0604. The van der Waals surface area contributed by atoms with Crippen molar-refractivity contribution >= 4 is 23.1 Å². The highest BCUT2D eigenvalue weighted by molar-refractivity contribution is 6.61. The quantitative estimate of drug-likeness (QED) is 0.499. The summed E-state index contributed by atoms with van der Waals surface area (Å²) in [6.45, 7) is 0.655. The van der Waals surface area contributed by atoms with E-state index in [-0.39, 0.29) is 19.8 Å². The predicted octanol–water partition coefficient (Wildman–Crippen LogP) is -0.736. The Morgan fingerprint density at radius 2 is 1.65 bits per heavy atom. The molecule has 0 aromatic heterocycles. The van der Waals surface area contributed by atoms with Gasteiger partial charge in [0.15, 0.2) is 0 Å². The maximum Gasteiger partial charge on any atom is 0.406 e. The molecule has 0 aliphatic heterocycles. The Morgan fingerprint density at radius 3 is 1.82 bits per heavy atom. The molecule has 0 rings (SSSR count). The van der Waals surface area contributed by atoms with Crippen molar-refractivity contribution in [3.05, 3.63) is 0 Å². The molecular formula is C8H19ClN2O6. The summed E-state index contributed by atoms with van der Waals surface area (Å²) >= 11 is 4.60. The zero-order valence-electron chi connectivity index (χ0n) is 9.81. The summed E-state index contributed by atoms with van der Waals surface area (Å²) in [5.74, 6) is 0. The molecule has 0 radical (unpaired) electrons. The first-order valence-corrected chi connectivity index (χ1v) is 4.84. The topological polar surface area (TPSA) is 131 Å². The zero-order valence-corrected chi connectivity index (χ0v) is 10.6. The molecule has 0 heterocycles. The van der Waals surface area contributed by atoms with Crippen molar-refractivity contribution in [2.75, 3.05) is 40.5 Å². The number of halogens is 1. The smallest absolute Gasteiger partial charge is 0.406 e. The Kier molecular flexibility index (Phi) is 25.4. The number of carbonyl (C=O) groups is 2. The van der Waals surface area contributed by atoms with Crippen molar-refractivity contribution in [1.29, 1.82) is 0 Å². The largest absolute Gasteiger partial charge is 0.457 e. The fourth-order valence-corrected chi connectivity index (χ4v) is 0.230. The summed E-state index contributed by atoms with van der Waals surface area (Å²) in [6.07, 6.45) is -0.515. The van der Waals surface area contributed by atoms with Crippen LogP contribution in [-0.2, 0) is 9.47 Å². The van der Waals surface area contributed by atoms with E-state index in [9.17, 15) is 9.59 Å². The van der Waals surface area contributed by atoms with Crippen LogP contribution in [0.4, 0.5) is 9.59 Å². The van der Waals surface area contributed by atoms with Crippen LogP contribution in [0, 0.1) is 0 Å². The number of rotatable bonds is 3. The van der Waals surface area contributed by atoms with Crippen LogP contribution in [0.3, 0.4) is 0 Å². The number of alkyl carbamates (subject to hydrolysis) is 1. The number of amides is 1. The highest BCUT2D eigenvalue weighted by atomic mass is 35.5. The first-order chi connectivity index (χ1) is 7.99. The summed E-state index contributed by atoms with van der Waals surface area (Å²) < 4.78 is 8.07. The second-order valence-corrected chi connectivity index (χ2v) is 2.40. The molecule has 0 spiro atoms. The van der Waals surface area contributed by atoms with Crippen LogP contribution < -0.4 is 11.1 Å². The van der Waals surface area contributed by atoms with Gasteiger partial charge in [0.25, 0.3) is 0 Å². The first kappa shape index (κ1) is 21.2. The summed E-state index contributed by atoms with van der Waals surface area (Å²) in [5, 5.41) is 18.2. The van der Waals surface area contributed by atoms with Crippen molar-refractivity contribution in [3.8, 4) is 0 Å². The molecule has 5 N–H and O–H groups in total. The van der Waals surface area contributed by atoms with Crippen molar-refractivity contribution < 1.29 is 29.3 Å². The van der Waals surface area contributed by atoms with Crippen LogP contribution in [0.1, 0.15) is 0 Å². The second kappa shape index (κ2) is 20.3. The van der Waals surface area contributed by atoms with Gasteiger partial charge >= 0.3 is 11.5 Å². The molecule has 0 saturated heterocycles. The van der Waals surface area contributed by atoms with Crippen molar-refractivity contribution in [2.45, 2.75) is 0 Å².